The summed E-state index contributed by atoms with van der Waals surface area (Å²) in [5, 5.41) is 6.03. The maximum absolute atomic E-state index is 11.5. The normalized spacial score (nSPS) is 15.8. The molecular formula is C17H27IN4O. The predicted octanol–water partition coefficient (Wildman–Crippen LogP) is 2.47. The summed E-state index contributed by atoms with van der Waals surface area (Å²) in [6, 6.07) is 7.65. The third-order valence-corrected chi connectivity index (χ3v) is 4.19. The van der Waals surface area contributed by atoms with Crippen LogP contribution in [0, 0.1) is 5.92 Å². The molecule has 0 bridgehead atoms. The lowest BCUT2D eigenvalue weighted by atomic mass is 9.99. The fourth-order valence-corrected chi connectivity index (χ4v) is 2.65. The van der Waals surface area contributed by atoms with Crippen molar-refractivity contribution < 1.29 is 4.79 Å². The summed E-state index contributed by atoms with van der Waals surface area (Å²) >= 11 is 0. The first kappa shape index (κ1) is 19.7. The number of hydrogen-bond donors (Lipinski definition) is 2. The van der Waals surface area contributed by atoms with Crippen molar-refractivity contribution in [2.45, 2.75) is 26.3 Å². The second-order valence-corrected chi connectivity index (χ2v) is 5.85. The van der Waals surface area contributed by atoms with Gasteiger partial charge in [-0.25, -0.2) is 0 Å². The molecule has 1 amide bonds. The summed E-state index contributed by atoms with van der Waals surface area (Å²) in [4.78, 5) is 18.2. The summed E-state index contributed by atoms with van der Waals surface area (Å²) in [6.45, 7) is 5.15. The van der Waals surface area contributed by atoms with E-state index < -0.39 is 0 Å². The molecule has 0 radical (unpaired) electrons. The third kappa shape index (κ3) is 5.67. The van der Waals surface area contributed by atoms with Crippen LogP contribution in [0.4, 0.5) is 0 Å². The van der Waals surface area contributed by atoms with Crippen LogP contribution >= 0.6 is 24.0 Å². The molecule has 23 heavy (non-hydrogen) atoms. The Morgan fingerprint density at radius 3 is 2.39 bits per heavy atom. The van der Waals surface area contributed by atoms with Gasteiger partial charge in [0.1, 0.15) is 0 Å². The van der Waals surface area contributed by atoms with Crippen LogP contribution in [0.5, 0.6) is 0 Å². The molecule has 128 valence electrons. The van der Waals surface area contributed by atoms with Gasteiger partial charge in [0.05, 0.1) is 0 Å². The van der Waals surface area contributed by atoms with Crippen LogP contribution in [0.15, 0.2) is 29.3 Å². The van der Waals surface area contributed by atoms with Crippen molar-refractivity contribution in [2.75, 3.05) is 27.2 Å². The number of piperidine rings is 1. The molecule has 1 fully saturated rings. The molecule has 5 nitrogen and oxygen atoms in total. The number of carbonyl (C=O) groups is 1. The van der Waals surface area contributed by atoms with E-state index in [2.05, 4.69) is 27.4 Å². The zero-order valence-electron chi connectivity index (χ0n) is 14.1. The average molecular weight is 430 g/mol. The quantitative estimate of drug-likeness (QED) is 0.440. The second kappa shape index (κ2) is 9.75. The summed E-state index contributed by atoms with van der Waals surface area (Å²) in [7, 11) is 3.47. The molecule has 1 aliphatic rings. The van der Waals surface area contributed by atoms with Gasteiger partial charge in [0.25, 0.3) is 5.91 Å². The SMILES string of the molecule is CN=C(NCc1ccc(C(=O)NC)cc1)N1CCC(C)CC1.I. The average Bonchev–Trinajstić information content (AvgIpc) is 2.56. The Kier molecular flexibility index (Phi) is 8.36. The highest BCUT2D eigenvalue weighted by Gasteiger charge is 2.18. The van der Waals surface area contributed by atoms with Crippen molar-refractivity contribution in [3.05, 3.63) is 35.4 Å². The topological polar surface area (TPSA) is 56.7 Å². The van der Waals surface area contributed by atoms with Crippen molar-refractivity contribution in [2.24, 2.45) is 10.9 Å². The minimum Gasteiger partial charge on any atom is -0.355 e. The van der Waals surface area contributed by atoms with E-state index in [0.29, 0.717) is 12.1 Å². The number of amides is 1. The van der Waals surface area contributed by atoms with Gasteiger partial charge in [-0.1, -0.05) is 19.1 Å². The monoisotopic (exact) mass is 430 g/mol. The standard InChI is InChI=1S/C17H26N4O.HI/c1-13-8-10-21(11-9-13)17(19-3)20-12-14-4-6-15(7-5-14)16(22)18-2;/h4-7,13H,8-12H2,1-3H3,(H,18,22)(H,19,20);1H. The van der Waals surface area contributed by atoms with Gasteiger partial charge in [-0.2, -0.15) is 0 Å². The minimum absolute atomic E-state index is 0. The maximum Gasteiger partial charge on any atom is 0.251 e. The number of nitrogens with zero attached hydrogens (tertiary/aromatic N) is 2. The molecule has 0 atom stereocenters. The third-order valence-electron chi connectivity index (χ3n) is 4.19. The Bertz CT molecular complexity index is 522. The molecule has 1 aliphatic heterocycles. The van der Waals surface area contributed by atoms with Crippen LogP contribution < -0.4 is 10.6 Å². The largest absolute Gasteiger partial charge is 0.355 e. The van der Waals surface area contributed by atoms with E-state index in [0.717, 1.165) is 30.5 Å². The van der Waals surface area contributed by atoms with Crippen molar-refractivity contribution >= 4 is 35.8 Å². The number of nitrogens with one attached hydrogen (secondary N) is 2. The van der Waals surface area contributed by atoms with Gasteiger partial charge in [-0.15, -0.1) is 24.0 Å². The molecule has 6 heteroatoms. The van der Waals surface area contributed by atoms with E-state index in [9.17, 15) is 4.79 Å². The zero-order chi connectivity index (χ0) is 15.9. The molecule has 1 aromatic carbocycles. The number of halogens is 1. The predicted molar refractivity (Wildman–Crippen MR) is 105 cm³/mol. The van der Waals surface area contributed by atoms with Crippen LogP contribution in [0.2, 0.25) is 0 Å². The number of hydrogen-bond acceptors (Lipinski definition) is 2. The summed E-state index contributed by atoms with van der Waals surface area (Å²) in [5.74, 6) is 1.71. The van der Waals surface area contributed by atoms with Gasteiger partial charge in [-0.3, -0.25) is 9.79 Å². The Labute approximate surface area is 156 Å². The van der Waals surface area contributed by atoms with Crippen LogP contribution in [0.3, 0.4) is 0 Å². The molecule has 0 unspecified atom stereocenters. The number of benzene rings is 1. The van der Waals surface area contributed by atoms with Crippen LogP contribution in [-0.4, -0.2) is 44.0 Å². The summed E-state index contributed by atoms with van der Waals surface area (Å²) in [5.41, 5.74) is 1.82. The number of aliphatic imine (C=N–C) groups is 1. The first-order valence-electron chi connectivity index (χ1n) is 7.90. The van der Waals surface area contributed by atoms with E-state index in [-0.39, 0.29) is 29.9 Å². The van der Waals surface area contributed by atoms with E-state index in [1.165, 1.54) is 12.8 Å². The van der Waals surface area contributed by atoms with Gasteiger partial charge in [0.15, 0.2) is 5.96 Å². The molecule has 0 aromatic heterocycles. The first-order valence-corrected chi connectivity index (χ1v) is 7.90. The molecule has 0 spiro atoms. The Balaban J connectivity index is 0.00000264. The van der Waals surface area contributed by atoms with Crippen molar-refractivity contribution in [3.63, 3.8) is 0 Å². The highest BCUT2D eigenvalue weighted by molar-refractivity contribution is 14.0. The highest BCUT2D eigenvalue weighted by atomic mass is 127. The van der Waals surface area contributed by atoms with Gasteiger partial charge < -0.3 is 15.5 Å². The van der Waals surface area contributed by atoms with Crippen LogP contribution in [0.1, 0.15) is 35.7 Å². The number of rotatable bonds is 3. The fourth-order valence-electron chi connectivity index (χ4n) is 2.65. The van der Waals surface area contributed by atoms with Crippen LogP contribution in [0.25, 0.3) is 0 Å². The van der Waals surface area contributed by atoms with Crippen molar-refractivity contribution in [1.82, 2.24) is 15.5 Å². The van der Waals surface area contributed by atoms with Crippen LogP contribution in [-0.2, 0) is 6.54 Å². The van der Waals surface area contributed by atoms with E-state index >= 15 is 0 Å². The van der Waals surface area contributed by atoms with Gasteiger partial charge >= 0.3 is 0 Å². The molecular weight excluding hydrogens is 403 g/mol. The molecule has 0 saturated carbocycles. The first-order chi connectivity index (χ1) is 10.6. The molecule has 1 saturated heterocycles. The number of carbonyl (C=O) groups excluding carboxylic acids is 1. The lowest BCUT2D eigenvalue weighted by Gasteiger charge is -2.32. The maximum atomic E-state index is 11.5. The summed E-state index contributed by atoms with van der Waals surface area (Å²) < 4.78 is 0. The second-order valence-electron chi connectivity index (χ2n) is 5.85. The molecule has 1 aromatic rings. The molecule has 2 N–H and O–H groups in total. The van der Waals surface area contributed by atoms with Crippen molar-refractivity contribution in [3.8, 4) is 0 Å². The van der Waals surface area contributed by atoms with E-state index in [1.807, 2.05) is 31.3 Å². The lowest BCUT2D eigenvalue weighted by molar-refractivity contribution is 0.0963. The Hall–Kier alpha value is -1.31. The fraction of sp³-hybridized carbons (Fsp3) is 0.529. The van der Waals surface area contributed by atoms with Gasteiger partial charge in [0, 0.05) is 39.3 Å². The zero-order valence-corrected chi connectivity index (χ0v) is 16.5. The smallest absolute Gasteiger partial charge is 0.251 e. The lowest BCUT2D eigenvalue weighted by Crippen LogP contribution is -2.45. The summed E-state index contributed by atoms with van der Waals surface area (Å²) in [6.07, 6.45) is 2.45. The molecule has 1 heterocycles. The van der Waals surface area contributed by atoms with Crippen molar-refractivity contribution in [1.29, 1.82) is 0 Å². The number of guanidine groups is 1. The van der Waals surface area contributed by atoms with Gasteiger partial charge in [-0.05, 0) is 36.5 Å². The Morgan fingerprint density at radius 1 is 1.26 bits per heavy atom. The van der Waals surface area contributed by atoms with Gasteiger partial charge in [0.2, 0.25) is 0 Å². The highest BCUT2D eigenvalue weighted by Crippen LogP contribution is 2.16. The van der Waals surface area contributed by atoms with E-state index in [4.69, 9.17) is 0 Å². The number of likely N-dealkylation sites (tertiary alicyclic amines) is 1. The van der Waals surface area contributed by atoms with E-state index in [1.54, 1.807) is 7.05 Å². The Morgan fingerprint density at radius 2 is 1.87 bits per heavy atom. The molecule has 2 rings (SSSR count). The minimum atomic E-state index is -0.0576. The molecule has 0 aliphatic carbocycles.